The Hall–Kier alpha value is -0.570. The first-order valence-electron chi connectivity index (χ1n) is 3.97. The van der Waals surface area contributed by atoms with E-state index in [2.05, 4.69) is 12.2 Å². The molecule has 0 radical (unpaired) electrons. The van der Waals surface area contributed by atoms with Crippen LogP contribution in [-0.2, 0) is 4.79 Å². The quantitative estimate of drug-likeness (QED) is 0.644. The Balaban J connectivity index is 3.63. The van der Waals surface area contributed by atoms with Crippen LogP contribution in [0.3, 0.4) is 0 Å². The van der Waals surface area contributed by atoms with Gasteiger partial charge in [0.1, 0.15) is 0 Å². The summed E-state index contributed by atoms with van der Waals surface area (Å²) in [6.07, 6.45) is 1.01. The molecule has 66 valence electrons. The summed E-state index contributed by atoms with van der Waals surface area (Å²) in [4.78, 5) is 12.6. The summed E-state index contributed by atoms with van der Waals surface area (Å²) < 4.78 is 0. The van der Waals surface area contributed by atoms with E-state index in [-0.39, 0.29) is 5.91 Å². The van der Waals surface area contributed by atoms with Crippen molar-refractivity contribution in [2.75, 3.05) is 20.6 Å². The molecule has 0 aliphatic rings. The Kier molecular flexibility index (Phi) is 4.86. The van der Waals surface area contributed by atoms with Gasteiger partial charge in [0, 0.05) is 20.0 Å². The second-order valence-corrected chi connectivity index (χ2v) is 2.87. The number of nitrogens with zero attached hydrogens (tertiary/aromatic N) is 1. The van der Waals surface area contributed by atoms with E-state index in [9.17, 15) is 4.79 Å². The maximum Gasteiger partial charge on any atom is 0.219 e. The molecule has 1 N–H and O–H groups in total. The van der Waals surface area contributed by atoms with E-state index in [0.29, 0.717) is 6.04 Å². The summed E-state index contributed by atoms with van der Waals surface area (Å²) in [5.41, 5.74) is 0. The van der Waals surface area contributed by atoms with Gasteiger partial charge in [0.05, 0.1) is 0 Å². The van der Waals surface area contributed by atoms with Gasteiger partial charge in [-0.1, -0.05) is 0 Å². The summed E-state index contributed by atoms with van der Waals surface area (Å²) >= 11 is 0. The Morgan fingerprint density at radius 2 is 2.18 bits per heavy atom. The van der Waals surface area contributed by atoms with Gasteiger partial charge >= 0.3 is 0 Å². The molecule has 0 rings (SSSR count). The van der Waals surface area contributed by atoms with Crippen molar-refractivity contribution in [3.8, 4) is 0 Å². The predicted molar refractivity (Wildman–Crippen MR) is 46.4 cm³/mol. The smallest absolute Gasteiger partial charge is 0.219 e. The van der Waals surface area contributed by atoms with Crippen LogP contribution < -0.4 is 5.32 Å². The van der Waals surface area contributed by atoms with Crippen molar-refractivity contribution in [3.05, 3.63) is 0 Å². The summed E-state index contributed by atoms with van der Waals surface area (Å²) in [5, 5.41) is 3.05. The number of hydrogen-bond acceptors (Lipinski definition) is 2. The second-order valence-electron chi connectivity index (χ2n) is 2.87. The lowest BCUT2D eigenvalue weighted by Gasteiger charge is -2.23. The Bertz CT molecular complexity index is 125. The summed E-state index contributed by atoms with van der Waals surface area (Å²) in [6, 6.07) is 0.333. The fraction of sp³-hybridized carbons (Fsp3) is 0.875. The molecule has 0 spiro atoms. The molecule has 0 aromatic carbocycles. The lowest BCUT2D eigenvalue weighted by molar-refractivity contribution is -0.129. The predicted octanol–water partition coefficient (Wildman–Crippen LogP) is 0.463. The topological polar surface area (TPSA) is 32.3 Å². The van der Waals surface area contributed by atoms with Crippen LogP contribution in [-0.4, -0.2) is 37.5 Å². The van der Waals surface area contributed by atoms with Gasteiger partial charge in [-0.15, -0.1) is 0 Å². The fourth-order valence-electron chi connectivity index (χ4n) is 0.857. The highest BCUT2D eigenvalue weighted by atomic mass is 16.2. The van der Waals surface area contributed by atoms with E-state index < -0.39 is 0 Å². The summed E-state index contributed by atoms with van der Waals surface area (Å²) in [6.45, 7) is 4.60. The van der Waals surface area contributed by atoms with Crippen LogP contribution >= 0.6 is 0 Å². The van der Waals surface area contributed by atoms with Crippen LogP contribution in [0, 0.1) is 0 Å². The monoisotopic (exact) mass is 158 g/mol. The van der Waals surface area contributed by atoms with Gasteiger partial charge in [0.25, 0.3) is 0 Å². The molecule has 0 aromatic rings. The van der Waals surface area contributed by atoms with E-state index in [1.54, 1.807) is 11.8 Å². The molecule has 0 fully saturated rings. The SMILES string of the molecule is CNCCC(C)N(C)C(C)=O. The van der Waals surface area contributed by atoms with Gasteiger partial charge in [-0.25, -0.2) is 0 Å². The minimum absolute atomic E-state index is 0.133. The van der Waals surface area contributed by atoms with Crippen molar-refractivity contribution in [3.63, 3.8) is 0 Å². The number of hydrogen-bond donors (Lipinski definition) is 1. The van der Waals surface area contributed by atoms with Crippen molar-refractivity contribution in [2.45, 2.75) is 26.3 Å². The molecular formula is C8H18N2O. The first kappa shape index (κ1) is 10.4. The van der Waals surface area contributed by atoms with Gasteiger partial charge in [-0.2, -0.15) is 0 Å². The Morgan fingerprint density at radius 1 is 1.64 bits per heavy atom. The Labute approximate surface area is 68.8 Å². The lowest BCUT2D eigenvalue weighted by atomic mass is 10.2. The normalized spacial score (nSPS) is 12.7. The van der Waals surface area contributed by atoms with E-state index in [1.807, 2.05) is 14.1 Å². The third-order valence-electron chi connectivity index (χ3n) is 1.97. The number of amides is 1. The van der Waals surface area contributed by atoms with Crippen LogP contribution in [0.1, 0.15) is 20.3 Å². The van der Waals surface area contributed by atoms with Crippen molar-refractivity contribution in [1.29, 1.82) is 0 Å². The minimum atomic E-state index is 0.133. The molecule has 0 saturated carbocycles. The van der Waals surface area contributed by atoms with E-state index in [0.717, 1.165) is 13.0 Å². The first-order chi connectivity index (χ1) is 5.09. The molecule has 0 heterocycles. The molecular weight excluding hydrogens is 140 g/mol. The van der Waals surface area contributed by atoms with Crippen LogP contribution in [0.15, 0.2) is 0 Å². The van der Waals surface area contributed by atoms with Gasteiger partial charge in [-0.05, 0) is 26.9 Å². The number of rotatable bonds is 4. The van der Waals surface area contributed by atoms with Crippen LogP contribution in [0.5, 0.6) is 0 Å². The third-order valence-corrected chi connectivity index (χ3v) is 1.97. The van der Waals surface area contributed by atoms with Crippen LogP contribution in [0.4, 0.5) is 0 Å². The molecule has 0 aliphatic carbocycles. The molecule has 0 bridgehead atoms. The van der Waals surface area contributed by atoms with Crippen LogP contribution in [0.2, 0.25) is 0 Å². The van der Waals surface area contributed by atoms with E-state index in [1.165, 1.54) is 0 Å². The molecule has 1 unspecified atom stereocenters. The summed E-state index contributed by atoms with van der Waals surface area (Å²) in [7, 11) is 3.75. The van der Waals surface area contributed by atoms with Gasteiger partial charge in [0.15, 0.2) is 0 Å². The third kappa shape index (κ3) is 3.98. The number of carbonyl (C=O) groups excluding carboxylic acids is 1. The second kappa shape index (κ2) is 5.13. The van der Waals surface area contributed by atoms with E-state index >= 15 is 0 Å². The maximum absolute atomic E-state index is 10.9. The molecule has 0 aromatic heterocycles. The minimum Gasteiger partial charge on any atom is -0.343 e. The maximum atomic E-state index is 10.9. The average molecular weight is 158 g/mol. The van der Waals surface area contributed by atoms with Crippen LogP contribution in [0.25, 0.3) is 0 Å². The average Bonchev–Trinajstić information content (AvgIpc) is 1.98. The van der Waals surface area contributed by atoms with E-state index in [4.69, 9.17) is 0 Å². The molecule has 1 atom stereocenters. The zero-order valence-corrected chi connectivity index (χ0v) is 7.85. The highest BCUT2D eigenvalue weighted by Crippen LogP contribution is 1.99. The first-order valence-corrected chi connectivity index (χ1v) is 3.97. The standard InChI is InChI=1S/C8H18N2O/c1-7(5-6-9-3)10(4)8(2)11/h7,9H,5-6H2,1-4H3. The molecule has 1 amide bonds. The summed E-state index contributed by atoms with van der Waals surface area (Å²) in [5.74, 6) is 0.133. The fourth-order valence-corrected chi connectivity index (χ4v) is 0.857. The van der Waals surface area contributed by atoms with Crippen molar-refractivity contribution < 1.29 is 4.79 Å². The van der Waals surface area contributed by atoms with Gasteiger partial charge < -0.3 is 10.2 Å². The zero-order valence-electron chi connectivity index (χ0n) is 7.85. The number of carbonyl (C=O) groups is 1. The highest BCUT2D eigenvalue weighted by Gasteiger charge is 2.09. The largest absolute Gasteiger partial charge is 0.343 e. The van der Waals surface area contributed by atoms with Gasteiger partial charge in [0.2, 0.25) is 5.91 Å². The van der Waals surface area contributed by atoms with Crippen molar-refractivity contribution in [2.24, 2.45) is 0 Å². The highest BCUT2D eigenvalue weighted by molar-refractivity contribution is 5.73. The molecule has 0 aliphatic heterocycles. The zero-order chi connectivity index (χ0) is 8.85. The van der Waals surface area contributed by atoms with Crippen molar-refractivity contribution in [1.82, 2.24) is 10.2 Å². The number of nitrogens with one attached hydrogen (secondary N) is 1. The Morgan fingerprint density at radius 3 is 2.55 bits per heavy atom. The van der Waals surface area contributed by atoms with Gasteiger partial charge in [-0.3, -0.25) is 4.79 Å². The molecule has 0 saturated heterocycles. The molecule has 3 nitrogen and oxygen atoms in total. The molecule has 11 heavy (non-hydrogen) atoms. The molecule has 3 heteroatoms. The lowest BCUT2D eigenvalue weighted by Crippen LogP contribution is -2.34. The van der Waals surface area contributed by atoms with Crippen molar-refractivity contribution >= 4 is 5.91 Å².